The van der Waals surface area contributed by atoms with Crippen LogP contribution in [-0.4, -0.2) is 27.6 Å². The van der Waals surface area contributed by atoms with Gasteiger partial charge in [-0.15, -0.1) is 0 Å². The van der Waals surface area contributed by atoms with Gasteiger partial charge in [0.05, 0.1) is 11.5 Å². The summed E-state index contributed by atoms with van der Waals surface area (Å²) in [7, 11) is -3.90. The van der Waals surface area contributed by atoms with Crippen LogP contribution >= 0.6 is 0 Å². The van der Waals surface area contributed by atoms with E-state index in [-0.39, 0.29) is 4.90 Å². The zero-order valence-electron chi connectivity index (χ0n) is 16.1. The van der Waals surface area contributed by atoms with E-state index in [2.05, 4.69) is 12.2 Å². The molecule has 0 radical (unpaired) electrons. The summed E-state index contributed by atoms with van der Waals surface area (Å²) in [4.78, 5) is 11.8. The Bertz CT molecular complexity index is 660. The molecule has 0 aliphatic rings. The van der Waals surface area contributed by atoms with Crippen LogP contribution in [0.2, 0.25) is 0 Å². The van der Waals surface area contributed by atoms with Crippen molar-refractivity contribution in [1.82, 2.24) is 10.0 Å². The fourth-order valence-electron chi connectivity index (χ4n) is 2.50. The van der Waals surface area contributed by atoms with Gasteiger partial charge in [0, 0.05) is 6.54 Å². The molecule has 0 fully saturated rings. The molecule has 0 aliphatic carbocycles. The minimum atomic E-state index is -3.90. The lowest BCUT2D eigenvalue weighted by atomic mass is 10.2. The van der Waals surface area contributed by atoms with Gasteiger partial charge < -0.3 is 10.1 Å². The number of hydrogen-bond donors (Lipinski definition) is 2. The third-order valence-electron chi connectivity index (χ3n) is 4.00. The van der Waals surface area contributed by atoms with Crippen molar-refractivity contribution in [2.45, 2.75) is 70.6 Å². The van der Waals surface area contributed by atoms with Crippen LogP contribution in [0.5, 0.6) is 5.75 Å². The normalized spacial score (nSPS) is 11.2. The van der Waals surface area contributed by atoms with E-state index in [4.69, 9.17) is 4.74 Å². The van der Waals surface area contributed by atoms with Crippen LogP contribution in [0.15, 0.2) is 23.1 Å². The van der Waals surface area contributed by atoms with E-state index < -0.39 is 16.1 Å². The molecular formula is C19H32N2O4S. The first-order chi connectivity index (χ1) is 12.4. The molecule has 1 aromatic rings. The van der Waals surface area contributed by atoms with E-state index in [1.54, 1.807) is 19.1 Å². The summed E-state index contributed by atoms with van der Waals surface area (Å²) < 4.78 is 32.4. The van der Waals surface area contributed by atoms with Gasteiger partial charge in [0.15, 0.2) is 0 Å². The maximum atomic E-state index is 12.4. The highest BCUT2D eigenvalue weighted by atomic mass is 32.2. The summed E-state index contributed by atoms with van der Waals surface area (Å²) in [6, 6.07) is 4.09. The van der Waals surface area contributed by atoms with Crippen LogP contribution in [0.4, 0.5) is 4.79 Å². The molecule has 0 saturated heterocycles. The summed E-state index contributed by atoms with van der Waals surface area (Å²) in [6.45, 7) is 6.93. The summed E-state index contributed by atoms with van der Waals surface area (Å²) in [5, 5.41) is 2.54. The Kier molecular flexibility index (Phi) is 10.1. The van der Waals surface area contributed by atoms with Gasteiger partial charge in [-0.3, -0.25) is 0 Å². The minimum absolute atomic E-state index is 0.0819. The lowest BCUT2D eigenvalue weighted by Gasteiger charge is -2.12. The van der Waals surface area contributed by atoms with Gasteiger partial charge in [-0.2, -0.15) is 0 Å². The molecule has 0 atom stereocenters. The van der Waals surface area contributed by atoms with Gasteiger partial charge in [-0.1, -0.05) is 46.0 Å². The third-order valence-corrected chi connectivity index (χ3v) is 5.49. The van der Waals surface area contributed by atoms with Gasteiger partial charge in [0.25, 0.3) is 10.0 Å². The predicted octanol–water partition coefficient (Wildman–Crippen LogP) is 4.13. The Labute approximate surface area is 157 Å². The van der Waals surface area contributed by atoms with Crippen LogP contribution < -0.4 is 14.8 Å². The van der Waals surface area contributed by atoms with Gasteiger partial charge >= 0.3 is 6.03 Å². The molecule has 6 nitrogen and oxygen atoms in total. The molecule has 26 heavy (non-hydrogen) atoms. The fraction of sp³-hybridized carbons (Fsp3) is 0.632. The van der Waals surface area contributed by atoms with Gasteiger partial charge in [-0.05, 0) is 43.5 Å². The van der Waals surface area contributed by atoms with E-state index in [1.807, 2.05) is 11.6 Å². The van der Waals surface area contributed by atoms with Crippen molar-refractivity contribution in [1.29, 1.82) is 0 Å². The molecule has 1 rings (SSSR count). The molecule has 0 bridgehead atoms. The van der Waals surface area contributed by atoms with Crippen LogP contribution in [-0.2, 0) is 10.0 Å². The second kappa shape index (κ2) is 11.8. The number of aryl methyl sites for hydroxylation is 1. The fourth-order valence-corrected chi connectivity index (χ4v) is 3.66. The lowest BCUT2D eigenvalue weighted by Crippen LogP contribution is -2.39. The summed E-state index contributed by atoms with van der Waals surface area (Å²) in [5.41, 5.74) is 0.544. The smallest absolute Gasteiger partial charge is 0.328 e. The van der Waals surface area contributed by atoms with Crippen LogP contribution in [0.3, 0.4) is 0 Å². The van der Waals surface area contributed by atoms with E-state index in [0.29, 0.717) is 24.5 Å². The summed E-state index contributed by atoms with van der Waals surface area (Å²) >= 11 is 0. The SMILES string of the molecule is CCCCCCCOc1ccc(S(=O)(=O)NC(=O)NCCCC)c(C)c1. The molecule has 0 aromatic heterocycles. The number of benzene rings is 1. The largest absolute Gasteiger partial charge is 0.494 e. The van der Waals surface area contributed by atoms with E-state index in [0.717, 1.165) is 25.7 Å². The number of nitrogens with one attached hydrogen (secondary N) is 2. The molecule has 2 amide bonds. The maximum Gasteiger partial charge on any atom is 0.328 e. The topological polar surface area (TPSA) is 84.5 Å². The number of urea groups is 1. The highest BCUT2D eigenvalue weighted by Gasteiger charge is 2.20. The number of carbonyl (C=O) groups is 1. The molecule has 7 heteroatoms. The number of hydrogen-bond acceptors (Lipinski definition) is 4. The first-order valence-corrected chi connectivity index (χ1v) is 10.9. The Morgan fingerprint density at radius 1 is 1.04 bits per heavy atom. The zero-order chi connectivity index (χ0) is 19.4. The number of rotatable bonds is 12. The third kappa shape index (κ3) is 8.08. The first-order valence-electron chi connectivity index (χ1n) is 9.44. The molecule has 2 N–H and O–H groups in total. The maximum absolute atomic E-state index is 12.4. The van der Waals surface area contributed by atoms with Crippen molar-refractivity contribution in [3.8, 4) is 5.75 Å². The van der Waals surface area contributed by atoms with Crippen molar-refractivity contribution in [3.63, 3.8) is 0 Å². The quantitative estimate of drug-likeness (QED) is 0.531. The number of amides is 2. The van der Waals surface area contributed by atoms with Crippen molar-refractivity contribution in [2.24, 2.45) is 0 Å². The van der Waals surface area contributed by atoms with E-state index in [9.17, 15) is 13.2 Å². The van der Waals surface area contributed by atoms with Crippen molar-refractivity contribution in [2.75, 3.05) is 13.2 Å². The van der Waals surface area contributed by atoms with Gasteiger partial charge in [0.2, 0.25) is 0 Å². The summed E-state index contributed by atoms with van der Waals surface area (Å²) in [6.07, 6.45) is 7.51. The molecular weight excluding hydrogens is 352 g/mol. The van der Waals surface area contributed by atoms with E-state index in [1.165, 1.54) is 25.3 Å². The Morgan fingerprint density at radius 3 is 2.38 bits per heavy atom. The number of sulfonamides is 1. The van der Waals surface area contributed by atoms with Crippen molar-refractivity contribution < 1.29 is 17.9 Å². The molecule has 1 aromatic carbocycles. The Hall–Kier alpha value is -1.76. The Balaban J connectivity index is 2.58. The van der Waals surface area contributed by atoms with Crippen LogP contribution in [0.1, 0.15) is 64.4 Å². The predicted molar refractivity (Wildman–Crippen MR) is 104 cm³/mol. The molecule has 0 saturated carbocycles. The second-order valence-corrected chi connectivity index (χ2v) is 8.06. The minimum Gasteiger partial charge on any atom is -0.494 e. The van der Waals surface area contributed by atoms with Crippen molar-refractivity contribution >= 4 is 16.1 Å². The zero-order valence-corrected chi connectivity index (χ0v) is 17.0. The molecule has 0 unspecified atom stereocenters. The second-order valence-electron chi connectivity index (χ2n) is 6.40. The van der Waals surface area contributed by atoms with Crippen LogP contribution in [0.25, 0.3) is 0 Å². The standard InChI is InChI=1S/C19H32N2O4S/c1-4-6-8-9-10-14-25-17-11-12-18(16(3)15-17)26(23,24)21-19(22)20-13-7-5-2/h11-12,15H,4-10,13-14H2,1-3H3,(H2,20,21,22). The van der Waals surface area contributed by atoms with E-state index >= 15 is 0 Å². The molecule has 0 aliphatic heterocycles. The molecule has 0 spiro atoms. The lowest BCUT2D eigenvalue weighted by molar-refractivity contribution is 0.245. The Morgan fingerprint density at radius 2 is 1.73 bits per heavy atom. The molecule has 148 valence electrons. The number of unbranched alkanes of at least 4 members (excludes halogenated alkanes) is 5. The highest BCUT2D eigenvalue weighted by molar-refractivity contribution is 7.90. The molecule has 0 heterocycles. The highest BCUT2D eigenvalue weighted by Crippen LogP contribution is 2.21. The first kappa shape index (κ1) is 22.3. The monoisotopic (exact) mass is 384 g/mol. The average Bonchev–Trinajstić information content (AvgIpc) is 2.57. The van der Waals surface area contributed by atoms with Crippen LogP contribution in [0, 0.1) is 6.92 Å². The van der Waals surface area contributed by atoms with Gasteiger partial charge in [0.1, 0.15) is 5.75 Å². The van der Waals surface area contributed by atoms with Gasteiger partial charge in [-0.25, -0.2) is 17.9 Å². The average molecular weight is 385 g/mol. The van der Waals surface area contributed by atoms with Crippen molar-refractivity contribution in [3.05, 3.63) is 23.8 Å². The summed E-state index contributed by atoms with van der Waals surface area (Å²) in [5.74, 6) is 0.643. The number of carbonyl (C=O) groups excluding carboxylic acids is 1. The number of ether oxygens (including phenoxy) is 1.